The third kappa shape index (κ3) is 4.86. The fourth-order valence-electron chi connectivity index (χ4n) is 2.08. The molecular weight excluding hydrogens is 248 g/mol. The van der Waals surface area contributed by atoms with E-state index in [4.69, 9.17) is 0 Å². The van der Waals surface area contributed by atoms with Gasteiger partial charge in [0.15, 0.2) is 0 Å². The number of nitrogens with zero attached hydrogens (tertiary/aromatic N) is 1. The van der Waals surface area contributed by atoms with Gasteiger partial charge in [0, 0.05) is 25.7 Å². The third-order valence-corrected chi connectivity index (χ3v) is 5.43. The van der Waals surface area contributed by atoms with Crippen LogP contribution in [0.1, 0.15) is 39.5 Å². The normalized spacial score (nSPS) is 20.9. The Labute approximate surface area is 111 Å². The van der Waals surface area contributed by atoms with E-state index in [1.807, 2.05) is 13.8 Å². The molecule has 0 aromatic heterocycles. The quantitative estimate of drug-likeness (QED) is 0.692. The second-order valence-electron chi connectivity index (χ2n) is 6.13. The summed E-state index contributed by atoms with van der Waals surface area (Å²) in [6, 6.07) is 0.348. The van der Waals surface area contributed by atoms with Crippen LogP contribution in [-0.2, 0) is 10.0 Å². The van der Waals surface area contributed by atoms with Gasteiger partial charge in [0.1, 0.15) is 0 Å². The average molecular weight is 274 g/mol. The van der Waals surface area contributed by atoms with E-state index < -0.39 is 10.0 Å². The van der Waals surface area contributed by atoms with Gasteiger partial charge in [-0.2, -0.15) is 0 Å². The van der Waals surface area contributed by atoms with Crippen LogP contribution in [0.2, 0.25) is 0 Å². The summed E-state index contributed by atoms with van der Waals surface area (Å²) < 4.78 is 26.4. The second-order valence-corrected chi connectivity index (χ2v) is 8.22. The summed E-state index contributed by atoms with van der Waals surface area (Å²) in [4.78, 5) is 0. The first-order valence-electron chi connectivity index (χ1n) is 7.18. The van der Waals surface area contributed by atoms with Crippen molar-refractivity contribution < 1.29 is 8.42 Å². The van der Waals surface area contributed by atoms with Gasteiger partial charge in [-0.15, -0.1) is 0 Å². The molecule has 0 unspecified atom stereocenters. The predicted molar refractivity (Wildman–Crippen MR) is 73.9 cm³/mol. The van der Waals surface area contributed by atoms with Gasteiger partial charge in [-0.05, 0) is 37.5 Å². The van der Waals surface area contributed by atoms with Crippen molar-refractivity contribution in [2.45, 2.75) is 45.6 Å². The first-order chi connectivity index (χ1) is 8.47. The zero-order valence-electron chi connectivity index (χ0n) is 11.6. The maximum atomic E-state index is 12.3. The Balaban J connectivity index is 1.84. The van der Waals surface area contributed by atoms with E-state index in [9.17, 15) is 8.42 Å². The van der Waals surface area contributed by atoms with Crippen LogP contribution in [0.5, 0.6) is 0 Å². The highest BCUT2D eigenvalue weighted by Gasteiger charge is 2.34. The van der Waals surface area contributed by atoms with Gasteiger partial charge in [-0.1, -0.05) is 13.8 Å². The summed E-state index contributed by atoms with van der Waals surface area (Å²) in [5.41, 5.74) is 0. The summed E-state index contributed by atoms with van der Waals surface area (Å²) in [6.45, 7) is 6.17. The second kappa shape index (κ2) is 5.88. The average Bonchev–Trinajstić information content (AvgIpc) is 3.10. The van der Waals surface area contributed by atoms with E-state index in [1.54, 1.807) is 4.31 Å². The fraction of sp³-hybridized carbons (Fsp3) is 1.00. The van der Waals surface area contributed by atoms with Crippen molar-refractivity contribution in [2.75, 3.05) is 25.4 Å². The fourth-order valence-corrected chi connectivity index (χ4v) is 3.59. The lowest BCUT2D eigenvalue weighted by molar-refractivity contribution is 0.381. The molecule has 0 spiro atoms. The van der Waals surface area contributed by atoms with Gasteiger partial charge in [-0.25, -0.2) is 12.7 Å². The number of hydrogen-bond donors (Lipinski definition) is 1. The van der Waals surface area contributed by atoms with Crippen LogP contribution in [0, 0.1) is 11.8 Å². The molecule has 0 saturated heterocycles. The van der Waals surface area contributed by atoms with Crippen LogP contribution in [-0.4, -0.2) is 44.2 Å². The number of hydrogen-bond acceptors (Lipinski definition) is 3. The molecule has 0 aromatic carbocycles. The Kier molecular flexibility index (Phi) is 4.67. The van der Waals surface area contributed by atoms with Crippen LogP contribution >= 0.6 is 0 Å². The highest BCUT2D eigenvalue weighted by Crippen LogP contribution is 2.34. The molecule has 0 amide bonds. The van der Waals surface area contributed by atoms with Crippen molar-refractivity contribution in [2.24, 2.45) is 11.8 Å². The summed E-state index contributed by atoms with van der Waals surface area (Å²) >= 11 is 0. The van der Waals surface area contributed by atoms with Crippen LogP contribution in [0.15, 0.2) is 0 Å². The molecule has 4 nitrogen and oxygen atoms in total. The SMILES string of the molecule is CC(C)NCCS(=O)(=O)N(CC1CC1)CC1CC1. The van der Waals surface area contributed by atoms with E-state index in [2.05, 4.69) is 5.32 Å². The van der Waals surface area contributed by atoms with Crippen molar-refractivity contribution in [1.82, 2.24) is 9.62 Å². The van der Waals surface area contributed by atoms with Crippen molar-refractivity contribution in [3.05, 3.63) is 0 Å². The Morgan fingerprint density at radius 3 is 2.00 bits per heavy atom. The zero-order valence-corrected chi connectivity index (χ0v) is 12.4. The minimum atomic E-state index is -3.06. The molecule has 2 rings (SSSR count). The van der Waals surface area contributed by atoms with Crippen LogP contribution in [0.3, 0.4) is 0 Å². The number of nitrogens with one attached hydrogen (secondary N) is 1. The summed E-state index contributed by atoms with van der Waals surface area (Å²) in [7, 11) is -3.06. The maximum absolute atomic E-state index is 12.3. The van der Waals surface area contributed by atoms with Crippen LogP contribution in [0.25, 0.3) is 0 Å². The summed E-state index contributed by atoms with van der Waals surface area (Å²) in [5, 5.41) is 3.19. The number of rotatable bonds is 9. The van der Waals surface area contributed by atoms with Crippen molar-refractivity contribution in [3.63, 3.8) is 0 Å². The monoisotopic (exact) mass is 274 g/mol. The van der Waals surface area contributed by atoms with Gasteiger partial charge in [0.25, 0.3) is 0 Å². The van der Waals surface area contributed by atoms with Gasteiger partial charge < -0.3 is 5.32 Å². The van der Waals surface area contributed by atoms with Crippen molar-refractivity contribution in [3.8, 4) is 0 Å². The van der Waals surface area contributed by atoms with Crippen LogP contribution < -0.4 is 5.32 Å². The topological polar surface area (TPSA) is 49.4 Å². The molecular formula is C13H26N2O2S. The van der Waals surface area contributed by atoms with Gasteiger partial charge in [0.05, 0.1) is 5.75 Å². The lowest BCUT2D eigenvalue weighted by Gasteiger charge is -2.22. The van der Waals surface area contributed by atoms with Crippen molar-refractivity contribution >= 4 is 10.0 Å². The standard InChI is InChI=1S/C13H26N2O2S/c1-11(2)14-7-8-18(16,17)15(9-12-3-4-12)10-13-5-6-13/h11-14H,3-10H2,1-2H3. The highest BCUT2D eigenvalue weighted by molar-refractivity contribution is 7.89. The molecule has 0 bridgehead atoms. The maximum Gasteiger partial charge on any atom is 0.215 e. The smallest absolute Gasteiger partial charge is 0.215 e. The molecule has 2 aliphatic rings. The number of sulfonamides is 1. The molecule has 18 heavy (non-hydrogen) atoms. The molecule has 1 N–H and O–H groups in total. The molecule has 2 fully saturated rings. The minimum Gasteiger partial charge on any atom is -0.313 e. The van der Waals surface area contributed by atoms with Gasteiger partial charge in [0.2, 0.25) is 10.0 Å². The zero-order chi connectivity index (χ0) is 13.2. The lowest BCUT2D eigenvalue weighted by Crippen LogP contribution is -2.39. The van der Waals surface area contributed by atoms with Gasteiger partial charge in [-0.3, -0.25) is 0 Å². The first kappa shape index (κ1) is 14.3. The van der Waals surface area contributed by atoms with E-state index in [0.717, 1.165) is 13.1 Å². The predicted octanol–water partition coefficient (Wildman–Crippen LogP) is 1.44. The van der Waals surface area contributed by atoms with E-state index in [-0.39, 0.29) is 5.75 Å². The minimum absolute atomic E-state index is 0.241. The first-order valence-corrected chi connectivity index (χ1v) is 8.79. The van der Waals surface area contributed by atoms with E-state index in [1.165, 1.54) is 25.7 Å². The summed E-state index contributed by atoms with van der Waals surface area (Å²) in [5.74, 6) is 1.51. The Bertz CT molecular complexity index is 345. The van der Waals surface area contributed by atoms with E-state index in [0.29, 0.717) is 24.4 Å². The molecule has 0 atom stereocenters. The molecule has 2 saturated carbocycles. The molecule has 0 radical (unpaired) electrons. The summed E-state index contributed by atoms with van der Waals surface area (Å²) in [6.07, 6.45) is 4.84. The molecule has 106 valence electrons. The molecule has 0 aromatic rings. The third-order valence-electron chi connectivity index (χ3n) is 3.62. The Hall–Kier alpha value is -0.130. The Morgan fingerprint density at radius 1 is 1.11 bits per heavy atom. The van der Waals surface area contributed by atoms with Crippen LogP contribution in [0.4, 0.5) is 0 Å². The molecule has 5 heteroatoms. The molecule has 2 aliphatic carbocycles. The van der Waals surface area contributed by atoms with E-state index >= 15 is 0 Å². The lowest BCUT2D eigenvalue weighted by atomic mass is 10.4. The largest absolute Gasteiger partial charge is 0.313 e. The van der Waals surface area contributed by atoms with Crippen molar-refractivity contribution in [1.29, 1.82) is 0 Å². The van der Waals surface area contributed by atoms with Gasteiger partial charge >= 0.3 is 0 Å². The molecule has 0 heterocycles. The highest BCUT2D eigenvalue weighted by atomic mass is 32.2. The Morgan fingerprint density at radius 2 is 1.61 bits per heavy atom. The molecule has 0 aliphatic heterocycles.